The van der Waals surface area contributed by atoms with Gasteiger partial charge in [0.15, 0.2) is 5.69 Å². The van der Waals surface area contributed by atoms with Gasteiger partial charge in [0.2, 0.25) is 0 Å². The summed E-state index contributed by atoms with van der Waals surface area (Å²) >= 11 is 12.0. The number of halogens is 2. The maximum absolute atomic E-state index is 12.0. The van der Waals surface area contributed by atoms with Crippen LogP contribution in [0.4, 0.5) is 0 Å². The molecule has 0 atom stereocenters. The molecule has 6 nitrogen and oxygen atoms in total. The van der Waals surface area contributed by atoms with Crippen molar-refractivity contribution < 1.29 is 14.3 Å². The second-order valence-corrected chi connectivity index (χ2v) is 6.09. The summed E-state index contributed by atoms with van der Waals surface area (Å²) in [6, 6.07) is 12.5. The lowest BCUT2D eigenvalue weighted by Crippen LogP contribution is -2.07. The monoisotopic (exact) mass is 391 g/mol. The lowest BCUT2D eigenvalue weighted by Gasteiger charge is -2.11. The number of rotatable bonds is 6. The Kier molecular flexibility index (Phi) is 5.75. The van der Waals surface area contributed by atoms with Gasteiger partial charge in [-0.1, -0.05) is 41.4 Å². The molecule has 0 unspecified atom stereocenters. The molecule has 3 aromatic rings. The number of esters is 1. The maximum atomic E-state index is 12.0. The Morgan fingerprint density at radius 2 is 1.92 bits per heavy atom. The van der Waals surface area contributed by atoms with E-state index in [2.05, 4.69) is 15.4 Å². The maximum Gasteiger partial charge on any atom is 0.361 e. The van der Waals surface area contributed by atoms with Crippen molar-refractivity contribution in [2.75, 3.05) is 6.61 Å². The molecule has 1 heterocycles. The Hall–Kier alpha value is -2.57. The van der Waals surface area contributed by atoms with Crippen LogP contribution in [-0.2, 0) is 11.3 Å². The first-order valence-electron chi connectivity index (χ1n) is 7.84. The molecular weight excluding hydrogens is 377 g/mol. The van der Waals surface area contributed by atoms with E-state index in [0.29, 0.717) is 27.1 Å². The van der Waals surface area contributed by atoms with Gasteiger partial charge in [0.05, 0.1) is 16.7 Å². The van der Waals surface area contributed by atoms with Crippen molar-refractivity contribution in [1.82, 2.24) is 15.4 Å². The van der Waals surface area contributed by atoms with Gasteiger partial charge in [-0.15, -0.1) is 5.10 Å². The van der Waals surface area contributed by atoms with Gasteiger partial charge in [-0.05, 0) is 36.8 Å². The van der Waals surface area contributed by atoms with Crippen LogP contribution >= 0.6 is 23.2 Å². The van der Waals surface area contributed by atoms with Crippen LogP contribution in [0.25, 0.3) is 11.3 Å². The molecule has 3 rings (SSSR count). The molecule has 0 spiro atoms. The van der Waals surface area contributed by atoms with Crippen LogP contribution in [-0.4, -0.2) is 28.0 Å². The van der Waals surface area contributed by atoms with Gasteiger partial charge in [-0.2, -0.15) is 10.3 Å². The highest BCUT2D eigenvalue weighted by atomic mass is 35.5. The Balaban J connectivity index is 1.86. The van der Waals surface area contributed by atoms with Gasteiger partial charge in [0.25, 0.3) is 0 Å². The van der Waals surface area contributed by atoms with E-state index in [0.717, 1.165) is 5.56 Å². The lowest BCUT2D eigenvalue weighted by atomic mass is 10.1. The highest BCUT2D eigenvalue weighted by Gasteiger charge is 2.21. The summed E-state index contributed by atoms with van der Waals surface area (Å²) in [6.45, 7) is 2.26. The molecular formula is C18H15Cl2N3O3. The van der Waals surface area contributed by atoms with E-state index >= 15 is 0 Å². The zero-order chi connectivity index (χ0) is 18.5. The van der Waals surface area contributed by atoms with Crippen LogP contribution in [0.2, 0.25) is 10.0 Å². The van der Waals surface area contributed by atoms with E-state index in [1.54, 1.807) is 31.2 Å². The third-order valence-electron chi connectivity index (χ3n) is 3.54. The average molecular weight is 392 g/mol. The fourth-order valence-electron chi connectivity index (χ4n) is 2.34. The van der Waals surface area contributed by atoms with Gasteiger partial charge in [-0.25, -0.2) is 4.79 Å². The van der Waals surface area contributed by atoms with Crippen LogP contribution in [0.5, 0.6) is 5.75 Å². The van der Waals surface area contributed by atoms with Crippen molar-refractivity contribution in [3.8, 4) is 17.0 Å². The summed E-state index contributed by atoms with van der Waals surface area (Å²) in [7, 11) is 0. The van der Waals surface area contributed by atoms with Gasteiger partial charge >= 0.3 is 5.97 Å². The van der Waals surface area contributed by atoms with Crippen LogP contribution in [0.15, 0.2) is 42.5 Å². The predicted octanol–water partition coefficient (Wildman–Crippen LogP) is 4.53. The van der Waals surface area contributed by atoms with E-state index in [9.17, 15) is 4.79 Å². The molecule has 0 aliphatic carbocycles. The highest BCUT2D eigenvalue weighted by molar-refractivity contribution is 6.42. The van der Waals surface area contributed by atoms with Gasteiger partial charge in [0, 0.05) is 5.56 Å². The summed E-state index contributed by atoms with van der Waals surface area (Å²) < 4.78 is 10.9. The van der Waals surface area contributed by atoms with Crippen molar-refractivity contribution in [2.24, 2.45) is 0 Å². The van der Waals surface area contributed by atoms with Crippen molar-refractivity contribution >= 4 is 29.2 Å². The molecule has 2 aromatic carbocycles. The molecule has 0 saturated heterocycles. The molecule has 26 heavy (non-hydrogen) atoms. The largest absolute Gasteiger partial charge is 0.488 e. The van der Waals surface area contributed by atoms with E-state index in [1.165, 1.54) is 0 Å². The standard InChI is InChI=1S/C18H15Cl2N3O3/c1-2-25-18(24)17-16(21-23-22-17)12-5-3-4-6-15(12)26-10-11-7-8-13(19)14(20)9-11/h3-9H,2,10H2,1H3,(H,21,22,23). The van der Waals surface area contributed by atoms with Crippen molar-refractivity contribution in [2.45, 2.75) is 13.5 Å². The average Bonchev–Trinajstić information content (AvgIpc) is 3.13. The molecule has 1 N–H and O–H groups in total. The summed E-state index contributed by atoms with van der Waals surface area (Å²) in [5, 5.41) is 11.4. The molecule has 0 amide bonds. The number of carbonyl (C=O) groups is 1. The minimum absolute atomic E-state index is 0.109. The molecule has 0 aliphatic heterocycles. The Labute approximate surface area is 160 Å². The van der Waals surface area contributed by atoms with Crippen molar-refractivity contribution in [3.63, 3.8) is 0 Å². The number of aromatic amines is 1. The van der Waals surface area contributed by atoms with E-state index < -0.39 is 5.97 Å². The van der Waals surface area contributed by atoms with Crippen molar-refractivity contribution in [3.05, 3.63) is 63.8 Å². The smallest absolute Gasteiger partial charge is 0.361 e. The van der Waals surface area contributed by atoms with Crippen LogP contribution in [0, 0.1) is 0 Å². The molecule has 0 aliphatic rings. The molecule has 0 saturated carbocycles. The zero-order valence-corrected chi connectivity index (χ0v) is 15.3. The number of hydrogen-bond acceptors (Lipinski definition) is 5. The second-order valence-electron chi connectivity index (χ2n) is 5.27. The third-order valence-corrected chi connectivity index (χ3v) is 4.28. The zero-order valence-electron chi connectivity index (χ0n) is 13.8. The highest BCUT2D eigenvalue weighted by Crippen LogP contribution is 2.31. The van der Waals surface area contributed by atoms with E-state index in [4.69, 9.17) is 32.7 Å². The molecule has 0 fully saturated rings. The normalized spacial score (nSPS) is 10.6. The molecule has 1 aromatic heterocycles. The first-order chi connectivity index (χ1) is 12.6. The van der Waals surface area contributed by atoms with Crippen molar-refractivity contribution in [1.29, 1.82) is 0 Å². The number of benzene rings is 2. The first kappa shape index (κ1) is 18.2. The number of hydrogen-bond donors (Lipinski definition) is 1. The van der Waals surface area contributed by atoms with E-state index in [-0.39, 0.29) is 18.9 Å². The molecule has 134 valence electrons. The fraction of sp³-hybridized carbons (Fsp3) is 0.167. The third kappa shape index (κ3) is 3.98. The first-order valence-corrected chi connectivity index (χ1v) is 8.59. The summed E-state index contributed by atoms with van der Waals surface area (Å²) in [5.41, 5.74) is 1.97. The molecule has 0 radical (unpaired) electrons. The Bertz CT molecular complexity index is 928. The lowest BCUT2D eigenvalue weighted by molar-refractivity contribution is 0.0520. The number of H-pyrrole nitrogens is 1. The van der Waals surface area contributed by atoms with Gasteiger partial charge < -0.3 is 9.47 Å². The second kappa shape index (κ2) is 8.21. The van der Waals surface area contributed by atoms with Crippen LogP contribution in [0.3, 0.4) is 0 Å². The number of ether oxygens (including phenoxy) is 2. The summed E-state index contributed by atoms with van der Waals surface area (Å²) in [5.74, 6) is 0.00792. The number of nitrogens with one attached hydrogen (secondary N) is 1. The van der Waals surface area contributed by atoms with E-state index in [1.807, 2.05) is 18.2 Å². The number of nitrogens with zero attached hydrogens (tertiary/aromatic N) is 2. The minimum Gasteiger partial charge on any atom is -0.488 e. The fourth-order valence-corrected chi connectivity index (χ4v) is 2.66. The Morgan fingerprint density at radius 1 is 1.12 bits per heavy atom. The molecule has 8 heteroatoms. The predicted molar refractivity (Wildman–Crippen MR) is 98.6 cm³/mol. The summed E-state index contributed by atoms with van der Waals surface area (Å²) in [6.07, 6.45) is 0. The van der Waals surface area contributed by atoms with Crippen LogP contribution < -0.4 is 4.74 Å². The topological polar surface area (TPSA) is 77.1 Å². The molecule has 0 bridgehead atoms. The SMILES string of the molecule is CCOC(=O)c1n[nH]nc1-c1ccccc1OCc1ccc(Cl)c(Cl)c1. The quantitative estimate of drug-likeness (QED) is 0.624. The van der Waals surface area contributed by atoms with Gasteiger partial charge in [-0.3, -0.25) is 0 Å². The number of carbonyl (C=O) groups excluding carboxylic acids is 1. The summed E-state index contributed by atoms with van der Waals surface area (Å²) in [4.78, 5) is 12.0. The minimum atomic E-state index is -0.546. The van der Waals surface area contributed by atoms with Crippen LogP contribution in [0.1, 0.15) is 23.0 Å². The number of para-hydroxylation sites is 1. The number of aromatic nitrogens is 3. The van der Waals surface area contributed by atoms with Gasteiger partial charge in [0.1, 0.15) is 18.1 Å². The Morgan fingerprint density at radius 3 is 2.69 bits per heavy atom.